The van der Waals surface area contributed by atoms with Gasteiger partial charge in [-0.15, -0.1) is 0 Å². The van der Waals surface area contributed by atoms with Gasteiger partial charge < -0.3 is 10.0 Å². The highest BCUT2D eigenvalue weighted by atomic mass is 16.3. The predicted octanol–water partition coefficient (Wildman–Crippen LogP) is 0.958. The Balaban J connectivity index is 4.10. The van der Waals surface area contributed by atoms with Crippen LogP contribution in [0.25, 0.3) is 0 Å². The van der Waals surface area contributed by atoms with E-state index in [2.05, 4.69) is 0 Å². The van der Waals surface area contributed by atoms with Gasteiger partial charge in [-0.1, -0.05) is 18.2 Å². The number of allylic oxidation sites excluding steroid dienone is 3. The molecule has 3 heteroatoms. The van der Waals surface area contributed by atoms with Gasteiger partial charge in [0.1, 0.15) is 0 Å². The van der Waals surface area contributed by atoms with Gasteiger partial charge in [0, 0.05) is 13.1 Å². The van der Waals surface area contributed by atoms with Crippen LogP contribution in [0.1, 0.15) is 13.8 Å². The minimum Gasteiger partial charge on any atom is -0.394 e. The maximum absolute atomic E-state index is 11.3. The van der Waals surface area contributed by atoms with Crippen LogP contribution < -0.4 is 0 Å². The molecule has 0 rings (SSSR count). The number of amides is 1. The van der Waals surface area contributed by atoms with Crippen LogP contribution in [0.4, 0.5) is 0 Å². The fourth-order valence-corrected chi connectivity index (χ4v) is 0.706. The van der Waals surface area contributed by atoms with Crippen molar-refractivity contribution in [2.24, 2.45) is 0 Å². The molecule has 3 nitrogen and oxygen atoms in total. The minimum absolute atomic E-state index is 0.0142. The van der Waals surface area contributed by atoms with Gasteiger partial charge in [0.15, 0.2) is 0 Å². The summed E-state index contributed by atoms with van der Waals surface area (Å²) < 4.78 is 0. The summed E-state index contributed by atoms with van der Waals surface area (Å²) >= 11 is 0. The van der Waals surface area contributed by atoms with E-state index in [1.54, 1.807) is 26.1 Å². The van der Waals surface area contributed by atoms with Crippen LogP contribution in [0, 0.1) is 0 Å². The lowest BCUT2D eigenvalue weighted by molar-refractivity contribution is -0.127. The Morgan fingerprint density at radius 1 is 1.54 bits per heavy atom. The van der Waals surface area contributed by atoms with E-state index in [1.807, 2.05) is 13.0 Å². The number of carbonyl (C=O) groups is 1. The van der Waals surface area contributed by atoms with E-state index in [1.165, 1.54) is 11.0 Å². The molecule has 0 saturated carbocycles. The summed E-state index contributed by atoms with van der Waals surface area (Å²) in [5, 5.41) is 8.79. The zero-order chi connectivity index (χ0) is 10.3. The van der Waals surface area contributed by atoms with E-state index < -0.39 is 0 Å². The number of hydrogen-bond acceptors (Lipinski definition) is 2. The minimum atomic E-state index is -0.136. The highest BCUT2D eigenvalue weighted by Gasteiger charge is 2.10. The lowest BCUT2D eigenvalue weighted by atomic mass is 10.3. The van der Waals surface area contributed by atoms with Crippen LogP contribution >= 0.6 is 0 Å². The highest BCUT2D eigenvalue weighted by molar-refractivity contribution is 5.87. The van der Waals surface area contributed by atoms with Crippen LogP contribution in [-0.2, 0) is 4.79 Å². The van der Waals surface area contributed by atoms with Crippen molar-refractivity contribution in [3.05, 3.63) is 24.3 Å². The first-order valence-electron chi connectivity index (χ1n) is 4.30. The quantitative estimate of drug-likeness (QED) is 0.521. The molecule has 1 amide bonds. The second-order valence-corrected chi connectivity index (χ2v) is 2.87. The highest BCUT2D eigenvalue weighted by Crippen LogP contribution is 1.95. The summed E-state index contributed by atoms with van der Waals surface area (Å²) in [6.45, 7) is 3.66. The molecule has 0 bridgehead atoms. The fraction of sp³-hybridized carbons (Fsp3) is 0.500. The lowest BCUT2D eigenvalue weighted by Crippen LogP contribution is -2.36. The lowest BCUT2D eigenvalue weighted by Gasteiger charge is -2.21. The van der Waals surface area contributed by atoms with Crippen molar-refractivity contribution in [1.82, 2.24) is 4.90 Å². The molecule has 0 aliphatic heterocycles. The smallest absolute Gasteiger partial charge is 0.246 e. The molecule has 0 saturated heterocycles. The molecule has 0 aromatic rings. The summed E-state index contributed by atoms with van der Waals surface area (Å²) in [7, 11) is 1.67. The molecule has 0 heterocycles. The van der Waals surface area contributed by atoms with Gasteiger partial charge in [-0.05, 0) is 13.8 Å². The second kappa shape index (κ2) is 6.43. The summed E-state index contributed by atoms with van der Waals surface area (Å²) in [6, 6.07) is -0.136. The van der Waals surface area contributed by atoms with Gasteiger partial charge in [0.2, 0.25) is 5.91 Å². The predicted molar refractivity (Wildman–Crippen MR) is 53.3 cm³/mol. The van der Waals surface area contributed by atoms with Crippen molar-refractivity contribution in [3.8, 4) is 0 Å². The van der Waals surface area contributed by atoms with E-state index in [0.29, 0.717) is 0 Å². The van der Waals surface area contributed by atoms with Crippen molar-refractivity contribution >= 4 is 5.91 Å². The number of aliphatic hydroxyl groups excluding tert-OH is 1. The van der Waals surface area contributed by atoms with Crippen molar-refractivity contribution in [2.45, 2.75) is 19.9 Å². The van der Waals surface area contributed by atoms with Crippen LogP contribution in [0.3, 0.4) is 0 Å². The number of rotatable bonds is 4. The van der Waals surface area contributed by atoms with E-state index >= 15 is 0 Å². The standard InChI is InChI=1S/C10H17NO2/c1-4-5-6-7-10(13)11(3)9(2)8-12/h4-7,9,12H,8H2,1-3H3. The number of hydrogen-bond donors (Lipinski definition) is 1. The Morgan fingerprint density at radius 2 is 2.15 bits per heavy atom. The van der Waals surface area contributed by atoms with Crippen molar-refractivity contribution in [1.29, 1.82) is 0 Å². The average Bonchev–Trinajstić information content (AvgIpc) is 2.15. The van der Waals surface area contributed by atoms with Gasteiger partial charge in [0.25, 0.3) is 0 Å². The van der Waals surface area contributed by atoms with Crippen molar-refractivity contribution in [2.75, 3.05) is 13.7 Å². The number of likely N-dealkylation sites (N-methyl/N-ethyl adjacent to an activating group) is 1. The molecule has 74 valence electrons. The Kier molecular flexibility index (Phi) is 5.89. The first-order valence-corrected chi connectivity index (χ1v) is 4.30. The topological polar surface area (TPSA) is 40.5 Å². The summed E-state index contributed by atoms with van der Waals surface area (Å²) in [4.78, 5) is 12.8. The largest absolute Gasteiger partial charge is 0.394 e. The number of carbonyl (C=O) groups excluding carboxylic acids is 1. The molecule has 0 aromatic heterocycles. The van der Waals surface area contributed by atoms with Crippen molar-refractivity contribution < 1.29 is 9.90 Å². The summed E-state index contributed by atoms with van der Waals surface area (Å²) in [5.74, 6) is -0.0975. The third-order valence-corrected chi connectivity index (χ3v) is 1.82. The molecule has 1 atom stereocenters. The molecule has 0 fully saturated rings. The first-order chi connectivity index (χ1) is 6.13. The average molecular weight is 183 g/mol. The molecular weight excluding hydrogens is 166 g/mol. The molecule has 1 unspecified atom stereocenters. The molecular formula is C10H17NO2. The molecule has 0 aliphatic rings. The zero-order valence-electron chi connectivity index (χ0n) is 8.40. The van der Waals surface area contributed by atoms with Gasteiger partial charge in [-0.2, -0.15) is 0 Å². The molecule has 0 spiro atoms. The molecule has 0 aromatic carbocycles. The third-order valence-electron chi connectivity index (χ3n) is 1.82. The number of nitrogens with zero attached hydrogens (tertiary/aromatic N) is 1. The van der Waals surface area contributed by atoms with E-state index in [-0.39, 0.29) is 18.6 Å². The SMILES string of the molecule is CC=CC=CC(=O)N(C)C(C)CO. The number of aliphatic hydroxyl groups is 1. The molecule has 13 heavy (non-hydrogen) atoms. The van der Waals surface area contributed by atoms with Crippen LogP contribution in [-0.4, -0.2) is 35.6 Å². The third kappa shape index (κ3) is 4.48. The normalized spacial score (nSPS) is 13.8. The molecule has 1 N–H and O–H groups in total. The Morgan fingerprint density at radius 3 is 2.62 bits per heavy atom. The van der Waals surface area contributed by atoms with Crippen molar-refractivity contribution in [3.63, 3.8) is 0 Å². The molecule has 0 radical (unpaired) electrons. The Labute approximate surface area is 79.4 Å². The maximum atomic E-state index is 11.3. The van der Waals surface area contributed by atoms with Crippen LogP contribution in [0.15, 0.2) is 24.3 Å². The van der Waals surface area contributed by atoms with Crippen LogP contribution in [0.2, 0.25) is 0 Å². The van der Waals surface area contributed by atoms with E-state index in [9.17, 15) is 4.79 Å². The summed E-state index contributed by atoms with van der Waals surface area (Å²) in [6.07, 6.45) is 6.80. The monoisotopic (exact) mass is 183 g/mol. The Bertz CT molecular complexity index is 209. The van der Waals surface area contributed by atoms with Crippen LogP contribution in [0.5, 0.6) is 0 Å². The fourth-order valence-electron chi connectivity index (χ4n) is 0.706. The first kappa shape index (κ1) is 11.9. The van der Waals surface area contributed by atoms with E-state index in [4.69, 9.17) is 5.11 Å². The van der Waals surface area contributed by atoms with E-state index in [0.717, 1.165) is 0 Å². The summed E-state index contributed by atoms with van der Waals surface area (Å²) in [5.41, 5.74) is 0. The molecule has 0 aliphatic carbocycles. The van der Waals surface area contributed by atoms with Gasteiger partial charge in [-0.3, -0.25) is 4.79 Å². The van der Waals surface area contributed by atoms with Gasteiger partial charge >= 0.3 is 0 Å². The second-order valence-electron chi connectivity index (χ2n) is 2.87. The van der Waals surface area contributed by atoms with Gasteiger partial charge in [0.05, 0.1) is 12.6 Å². The maximum Gasteiger partial charge on any atom is 0.246 e. The zero-order valence-corrected chi connectivity index (χ0v) is 8.40. The Hall–Kier alpha value is -1.09. The van der Waals surface area contributed by atoms with Gasteiger partial charge in [-0.25, -0.2) is 0 Å².